The Balaban J connectivity index is 1.96. The van der Waals surface area contributed by atoms with Crippen molar-refractivity contribution in [1.29, 1.82) is 0 Å². The second-order valence-electron chi connectivity index (χ2n) is 5.39. The van der Waals surface area contributed by atoms with E-state index in [1.54, 1.807) is 18.0 Å². The highest BCUT2D eigenvalue weighted by atomic mass is 32.2. The number of thioether (sulfide) groups is 1. The Morgan fingerprint density at radius 2 is 2.26 bits per heavy atom. The monoisotopic (exact) mass is 278 g/mol. The highest BCUT2D eigenvalue weighted by Crippen LogP contribution is 2.60. The minimum Gasteiger partial charge on any atom is -0.465 e. The zero-order valence-electron chi connectivity index (χ0n) is 11.3. The van der Waals surface area contributed by atoms with E-state index in [4.69, 9.17) is 4.74 Å². The Morgan fingerprint density at radius 1 is 1.53 bits per heavy atom. The van der Waals surface area contributed by atoms with Crippen LogP contribution in [0.25, 0.3) is 0 Å². The van der Waals surface area contributed by atoms with Crippen molar-refractivity contribution in [1.82, 2.24) is 9.97 Å². The number of esters is 1. The fourth-order valence-electron chi connectivity index (χ4n) is 3.18. The highest BCUT2D eigenvalue weighted by molar-refractivity contribution is 7.98. The third-order valence-corrected chi connectivity index (χ3v) is 4.87. The number of carbonyl (C=O) groups excluding carboxylic acids is 1. The van der Waals surface area contributed by atoms with Crippen LogP contribution in [0.4, 0.5) is 0 Å². The van der Waals surface area contributed by atoms with Crippen LogP contribution in [0.1, 0.15) is 32.0 Å². The molecule has 0 amide bonds. The molecule has 2 unspecified atom stereocenters. The van der Waals surface area contributed by atoms with Crippen LogP contribution < -0.4 is 0 Å². The fraction of sp³-hybridized carbons (Fsp3) is 0.643. The van der Waals surface area contributed by atoms with Gasteiger partial charge in [0.25, 0.3) is 0 Å². The first-order chi connectivity index (χ1) is 9.19. The molecule has 0 N–H and O–H groups in total. The molecule has 0 aliphatic heterocycles. The topological polar surface area (TPSA) is 52.1 Å². The molecule has 0 spiro atoms. The highest BCUT2D eigenvalue weighted by Gasteiger charge is 2.60. The van der Waals surface area contributed by atoms with Gasteiger partial charge >= 0.3 is 5.97 Å². The lowest BCUT2D eigenvalue weighted by Gasteiger charge is -2.26. The van der Waals surface area contributed by atoms with Crippen molar-refractivity contribution in [2.75, 3.05) is 12.9 Å². The molecule has 0 saturated heterocycles. The predicted molar refractivity (Wildman–Crippen MR) is 73.0 cm³/mol. The maximum Gasteiger partial charge on any atom is 0.319 e. The maximum atomic E-state index is 12.4. The zero-order chi connectivity index (χ0) is 13.5. The van der Waals surface area contributed by atoms with E-state index in [-0.39, 0.29) is 5.97 Å². The van der Waals surface area contributed by atoms with E-state index in [9.17, 15) is 4.79 Å². The fourth-order valence-corrected chi connectivity index (χ4v) is 3.56. The molecule has 2 aliphatic rings. The van der Waals surface area contributed by atoms with Crippen LogP contribution in [0.2, 0.25) is 0 Å². The Bertz CT molecular complexity index is 496. The molecule has 3 rings (SSSR count). The normalized spacial score (nSPS) is 31.9. The van der Waals surface area contributed by atoms with Crippen molar-refractivity contribution in [2.24, 2.45) is 11.8 Å². The summed E-state index contributed by atoms with van der Waals surface area (Å²) in [5.74, 6) is 1.86. The first-order valence-corrected chi connectivity index (χ1v) is 7.97. The molecule has 0 bridgehead atoms. The van der Waals surface area contributed by atoms with Gasteiger partial charge in [0, 0.05) is 6.20 Å². The molecule has 2 saturated carbocycles. The molecule has 1 heterocycles. The molecule has 102 valence electrons. The number of hydrogen-bond donors (Lipinski definition) is 0. The summed E-state index contributed by atoms with van der Waals surface area (Å²) in [5, 5.41) is 0.911. The molecule has 2 aliphatic carbocycles. The van der Waals surface area contributed by atoms with Gasteiger partial charge < -0.3 is 4.74 Å². The quantitative estimate of drug-likeness (QED) is 0.481. The summed E-state index contributed by atoms with van der Waals surface area (Å²) in [6.45, 7) is 2.26. The molecule has 1 aromatic rings. The molecule has 5 heteroatoms. The number of aromatic nitrogens is 2. The molecule has 19 heavy (non-hydrogen) atoms. The molecule has 2 fully saturated rings. The van der Waals surface area contributed by atoms with Gasteiger partial charge in [-0.1, -0.05) is 0 Å². The molecule has 4 nitrogen and oxygen atoms in total. The number of nitrogens with zero attached hydrogens (tertiary/aromatic N) is 2. The summed E-state index contributed by atoms with van der Waals surface area (Å²) in [7, 11) is 0. The molecule has 2 atom stereocenters. The van der Waals surface area contributed by atoms with Crippen molar-refractivity contribution in [3.8, 4) is 0 Å². The standard InChI is InChI=1S/C14H18N2O2S/c1-3-18-13(17)14(7-9-6-10(9)8-14)12-15-5-4-11(16-12)19-2/h4-5,9-10H,3,6-8H2,1-2H3. The molecule has 0 aromatic carbocycles. The summed E-state index contributed by atoms with van der Waals surface area (Å²) in [4.78, 5) is 21.4. The van der Waals surface area contributed by atoms with E-state index < -0.39 is 5.41 Å². The first kappa shape index (κ1) is 12.9. The summed E-state index contributed by atoms with van der Waals surface area (Å²) >= 11 is 1.57. The zero-order valence-corrected chi connectivity index (χ0v) is 12.1. The summed E-state index contributed by atoms with van der Waals surface area (Å²) in [5.41, 5.74) is -0.588. The van der Waals surface area contributed by atoms with Crippen molar-refractivity contribution < 1.29 is 9.53 Å². The minimum atomic E-state index is -0.588. The maximum absolute atomic E-state index is 12.4. The third-order valence-electron chi connectivity index (χ3n) is 4.22. The van der Waals surface area contributed by atoms with Gasteiger partial charge in [0.05, 0.1) is 11.6 Å². The van der Waals surface area contributed by atoms with Crippen molar-refractivity contribution in [2.45, 2.75) is 36.6 Å². The number of ether oxygens (including phenoxy) is 1. The van der Waals surface area contributed by atoms with Crippen LogP contribution >= 0.6 is 11.8 Å². The van der Waals surface area contributed by atoms with Crippen LogP contribution in [-0.2, 0) is 14.9 Å². The first-order valence-electron chi connectivity index (χ1n) is 6.74. The number of hydrogen-bond acceptors (Lipinski definition) is 5. The Labute approximate surface area is 117 Å². The smallest absolute Gasteiger partial charge is 0.319 e. The molecular weight excluding hydrogens is 260 g/mol. The summed E-state index contributed by atoms with van der Waals surface area (Å²) < 4.78 is 5.30. The number of fused-ring (bicyclic) bond motifs is 1. The van der Waals surface area contributed by atoms with Gasteiger partial charge in [0.1, 0.15) is 11.2 Å². The van der Waals surface area contributed by atoms with Gasteiger partial charge in [0.15, 0.2) is 0 Å². The van der Waals surface area contributed by atoms with Crippen LogP contribution in [0.5, 0.6) is 0 Å². The van der Waals surface area contributed by atoms with Crippen LogP contribution in [-0.4, -0.2) is 28.8 Å². The Hall–Kier alpha value is -1.10. The van der Waals surface area contributed by atoms with E-state index in [0.29, 0.717) is 24.3 Å². The average Bonchev–Trinajstić information content (AvgIpc) is 3.06. The van der Waals surface area contributed by atoms with Crippen molar-refractivity contribution in [3.05, 3.63) is 18.1 Å². The van der Waals surface area contributed by atoms with E-state index in [2.05, 4.69) is 9.97 Å². The largest absolute Gasteiger partial charge is 0.465 e. The van der Waals surface area contributed by atoms with Crippen LogP contribution in [0.15, 0.2) is 17.3 Å². The van der Waals surface area contributed by atoms with E-state index in [1.807, 2.05) is 19.2 Å². The second-order valence-corrected chi connectivity index (χ2v) is 6.22. The summed E-state index contributed by atoms with van der Waals surface area (Å²) in [6, 6.07) is 1.88. The minimum absolute atomic E-state index is 0.138. The average molecular weight is 278 g/mol. The SMILES string of the molecule is CCOC(=O)C1(c2nccc(SC)n2)CC2CC2C1. The predicted octanol–water partition coefficient (Wildman–Crippen LogP) is 2.43. The van der Waals surface area contributed by atoms with Crippen molar-refractivity contribution >= 4 is 17.7 Å². The lowest BCUT2D eigenvalue weighted by Crippen LogP contribution is -2.38. The van der Waals surface area contributed by atoms with Gasteiger partial charge in [-0.3, -0.25) is 4.79 Å². The van der Waals surface area contributed by atoms with Gasteiger partial charge in [0.2, 0.25) is 0 Å². The van der Waals surface area contributed by atoms with Crippen LogP contribution in [0.3, 0.4) is 0 Å². The van der Waals surface area contributed by atoms with Gasteiger partial charge in [-0.15, -0.1) is 11.8 Å². The Kier molecular flexibility index (Phi) is 3.25. The Morgan fingerprint density at radius 3 is 2.89 bits per heavy atom. The molecule has 1 aromatic heterocycles. The number of carbonyl (C=O) groups is 1. The third kappa shape index (κ3) is 2.14. The van der Waals surface area contributed by atoms with E-state index in [0.717, 1.165) is 17.9 Å². The molecular formula is C14H18N2O2S. The van der Waals surface area contributed by atoms with Gasteiger partial charge in [-0.2, -0.15) is 0 Å². The molecule has 0 radical (unpaired) electrons. The van der Waals surface area contributed by atoms with Gasteiger partial charge in [-0.05, 0) is 50.3 Å². The van der Waals surface area contributed by atoms with Gasteiger partial charge in [-0.25, -0.2) is 9.97 Å². The summed E-state index contributed by atoms with van der Waals surface area (Å²) in [6.07, 6.45) is 6.69. The number of rotatable bonds is 4. The van der Waals surface area contributed by atoms with Crippen molar-refractivity contribution in [3.63, 3.8) is 0 Å². The van der Waals surface area contributed by atoms with Crippen LogP contribution in [0, 0.1) is 11.8 Å². The van der Waals surface area contributed by atoms with E-state index >= 15 is 0 Å². The lowest BCUT2D eigenvalue weighted by atomic mass is 9.82. The van der Waals surface area contributed by atoms with E-state index in [1.165, 1.54) is 6.42 Å². The lowest BCUT2D eigenvalue weighted by molar-refractivity contribution is -0.150. The second kappa shape index (κ2) is 4.78.